The molecule has 2 aromatic carbocycles. The van der Waals surface area contributed by atoms with Gasteiger partial charge in [-0.15, -0.1) is 0 Å². The van der Waals surface area contributed by atoms with Crippen LogP contribution in [-0.4, -0.2) is 56.9 Å². The lowest BCUT2D eigenvalue weighted by Gasteiger charge is -2.29. The molecule has 0 aromatic heterocycles. The summed E-state index contributed by atoms with van der Waals surface area (Å²) in [6.07, 6.45) is 1.63. The molecule has 32 heavy (non-hydrogen) atoms. The highest BCUT2D eigenvalue weighted by molar-refractivity contribution is 7.90. The number of fused-ring (bicyclic) bond motifs is 1. The molecule has 1 N–H and O–H groups in total. The minimum atomic E-state index is -4.09. The zero-order valence-electron chi connectivity index (χ0n) is 17.4. The first-order chi connectivity index (χ1) is 15.1. The van der Waals surface area contributed by atoms with E-state index in [-0.39, 0.29) is 15.4 Å². The van der Waals surface area contributed by atoms with Gasteiger partial charge in [0, 0.05) is 18.8 Å². The molecule has 2 amide bonds. The van der Waals surface area contributed by atoms with Gasteiger partial charge in [-0.1, -0.05) is 19.1 Å². The fourth-order valence-electron chi connectivity index (χ4n) is 3.80. The van der Waals surface area contributed by atoms with E-state index in [9.17, 15) is 26.4 Å². The van der Waals surface area contributed by atoms with Crippen molar-refractivity contribution in [2.45, 2.75) is 29.6 Å². The van der Waals surface area contributed by atoms with E-state index in [4.69, 9.17) is 0 Å². The fourth-order valence-corrected chi connectivity index (χ4v) is 6.80. The third-order valence-electron chi connectivity index (χ3n) is 5.72. The summed E-state index contributed by atoms with van der Waals surface area (Å²) in [6.45, 7) is 2.37. The van der Waals surface area contributed by atoms with E-state index in [2.05, 4.69) is 12.2 Å². The molecular formula is C21H23N3O6S2. The maximum absolute atomic E-state index is 12.8. The smallest absolute Gasteiger partial charge is 0.269 e. The van der Waals surface area contributed by atoms with Crippen LogP contribution >= 0.6 is 0 Å². The number of nitrogens with zero attached hydrogens (tertiary/aromatic N) is 2. The zero-order valence-corrected chi connectivity index (χ0v) is 19.0. The van der Waals surface area contributed by atoms with Crippen LogP contribution in [0.5, 0.6) is 0 Å². The standard InChI is InChI=1S/C21H23N3O6S2/c1-15-10-12-23(13-11-15)31(27,28)17-8-6-16(7-9-17)22-20(25)14-24-21(26)18-4-2-3-5-19(18)32(24,29)30/h2-9,15H,10-14H2,1H3,(H,22,25). The van der Waals surface area contributed by atoms with Gasteiger partial charge in [-0.05, 0) is 55.2 Å². The first-order valence-electron chi connectivity index (χ1n) is 10.2. The van der Waals surface area contributed by atoms with Gasteiger partial charge in [0.2, 0.25) is 15.9 Å². The van der Waals surface area contributed by atoms with Crippen molar-refractivity contribution in [3.63, 3.8) is 0 Å². The van der Waals surface area contributed by atoms with Crippen LogP contribution < -0.4 is 5.32 Å². The van der Waals surface area contributed by atoms with Crippen molar-refractivity contribution in [1.82, 2.24) is 8.61 Å². The van der Waals surface area contributed by atoms with E-state index < -0.39 is 38.4 Å². The Morgan fingerprint density at radius 2 is 1.69 bits per heavy atom. The number of carbonyl (C=O) groups excluding carboxylic acids is 2. The summed E-state index contributed by atoms with van der Waals surface area (Å²) in [5.74, 6) is -0.971. The predicted octanol–water partition coefficient (Wildman–Crippen LogP) is 1.89. The van der Waals surface area contributed by atoms with Crippen molar-refractivity contribution in [2.24, 2.45) is 5.92 Å². The molecule has 0 unspecified atom stereocenters. The number of amides is 2. The van der Waals surface area contributed by atoms with E-state index in [1.54, 1.807) is 6.07 Å². The average molecular weight is 478 g/mol. The number of nitrogens with one attached hydrogen (secondary N) is 1. The molecule has 2 heterocycles. The highest BCUT2D eigenvalue weighted by Crippen LogP contribution is 2.30. The molecule has 2 aromatic rings. The van der Waals surface area contributed by atoms with E-state index in [0.717, 1.165) is 12.8 Å². The number of carbonyl (C=O) groups is 2. The number of sulfonamides is 2. The van der Waals surface area contributed by atoms with Gasteiger partial charge in [-0.2, -0.15) is 4.31 Å². The number of hydrogen-bond acceptors (Lipinski definition) is 6. The highest BCUT2D eigenvalue weighted by Gasteiger charge is 2.41. The first-order valence-corrected chi connectivity index (χ1v) is 13.0. The van der Waals surface area contributed by atoms with Crippen molar-refractivity contribution in [3.05, 3.63) is 54.1 Å². The maximum atomic E-state index is 12.8. The fraction of sp³-hybridized carbons (Fsp3) is 0.333. The van der Waals surface area contributed by atoms with Crippen molar-refractivity contribution in [2.75, 3.05) is 25.0 Å². The molecule has 0 spiro atoms. The quantitative estimate of drug-likeness (QED) is 0.702. The number of piperidine rings is 1. The molecule has 0 radical (unpaired) electrons. The summed E-state index contributed by atoms with van der Waals surface area (Å²) in [7, 11) is -7.70. The Balaban J connectivity index is 1.43. The molecule has 0 saturated carbocycles. The lowest BCUT2D eigenvalue weighted by molar-refractivity contribution is -0.116. The Morgan fingerprint density at radius 3 is 2.31 bits per heavy atom. The van der Waals surface area contributed by atoms with E-state index in [0.29, 0.717) is 29.0 Å². The minimum Gasteiger partial charge on any atom is -0.325 e. The molecule has 2 aliphatic rings. The Morgan fingerprint density at radius 1 is 1.06 bits per heavy atom. The molecule has 4 rings (SSSR count). The largest absolute Gasteiger partial charge is 0.325 e. The molecule has 11 heteroatoms. The monoisotopic (exact) mass is 477 g/mol. The van der Waals surface area contributed by atoms with Crippen LogP contribution in [0, 0.1) is 5.92 Å². The molecule has 1 fully saturated rings. The van der Waals surface area contributed by atoms with E-state index in [1.165, 1.54) is 46.8 Å². The summed E-state index contributed by atoms with van der Waals surface area (Å²) in [5.41, 5.74) is 0.324. The Labute approximate surface area is 187 Å². The molecule has 0 bridgehead atoms. The van der Waals surface area contributed by atoms with Crippen molar-refractivity contribution in [3.8, 4) is 0 Å². The van der Waals surface area contributed by atoms with Gasteiger partial charge in [0.25, 0.3) is 15.9 Å². The van der Waals surface area contributed by atoms with Gasteiger partial charge in [-0.25, -0.2) is 21.1 Å². The highest BCUT2D eigenvalue weighted by atomic mass is 32.2. The van der Waals surface area contributed by atoms with Crippen LogP contribution in [0.4, 0.5) is 5.69 Å². The topological polar surface area (TPSA) is 121 Å². The van der Waals surface area contributed by atoms with Gasteiger partial charge >= 0.3 is 0 Å². The van der Waals surface area contributed by atoms with Crippen LogP contribution in [-0.2, 0) is 24.8 Å². The molecular weight excluding hydrogens is 454 g/mol. The maximum Gasteiger partial charge on any atom is 0.269 e. The normalized spacial score (nSPS) is 19.0. The molecule has 0 aliphatic carbocycles. The van der Waals surface area contributed by atoms with Crippen molar-refractivity contribution in [1.29, 1.82) is 0 Å². The third-order valence-corrected chi connectivity index (χ3v) is 9.42. The van der Waals surface area contributed by atoms with Crippen LogP contribution in [0.15, 0.2) is 58.3 Å². The average Bonchev–Trinajstić information content (AvgIpc) is 2.95. The lowest BCUT2D eigenvalue weighted by atomic mass is 10.0. The Bertz CT molecular complexity index is 1260. The van der Waals surface area contributed by atoms with E-state index in [1.807, 2.05) is 0 Å². The third kappa shape index (κ3) is 4.03. The number of rotatable bonds is 5. The summed E-state index contributed by atoms with van der Waals surface area (Å²) in [5, 5.41) is 2.51. The molecule has 0 atom stereocenters. The van der Waals surface area contributed by atoms with Gasteiger partial charge < -0.3 is 5.32 Å². The molecule has 2 aliphatic heterocycles. The van der Waals surface area contributed by atoms with Gasteiger partial charge in [0.15, 0.2) is 0 Å². The van der Waals surface area contributed by atoms with Crippen LogP contribution in [0.1, 0.15) is 30.1 Å². The zero-order chi connectivity index (χ0) is 23.1. The second kappa shape index (κ2) is 8.30. The molecule has 9 nitrogen and oxygen atoms in total. The number of anilines is 1. The van der Waals surface area contributed by atoms with Gasteiger partial charge in [0.05, 0.1) is 10.5 Å². The van der Waals surface area contributed by atoms with Gasteiger partial charge in [-0.3, -0.25) is 9.59 Å². The number of hydrogen-bond donors (Lipinski definition) is 1. The summed E-state index contributed by atoms with van der Waals surface area (Å²) >= 11 is 0. The number of benzene rings is 2. The first kappa shape index (κ1) is 22.4. The van der Waals surface area contributed by atoms with Crippen molar-refractivity contribution >= 4 is 37.5 Å². The minimum absolute atomic E-state index is 0.0296. The van der Waals surface area contributed by atoms with Crippen molar-refractivity contribution < 1.29 is 26.4 Å². The van der Waals surface area contributed by atoms with Gasteiger partial charge in [0.1, 0.15) is 11.4 Å². The summed E-state index contributed by atoms with van der Waals surface area (Å²) < 4.78 is 52.7. The van der Waals surface area contributed by atoms with Crippen LogP contribution in [0.25, 0.3) is 0 Å². The predicted molar refractivity (Wildman–Crippen MR) is 117 cm³/mol. The lowest BCUT2D eigenvalue weighted by Crippen LogP contribution is -2.38. The van der Waals surface area contributed by atoms with Crippen LogP contribution in [0.2, 0.25) is 0 Å². The second-order valence-electron chi connectivity index (χ2n) is 7.97. The molecule has 170 valence electrons. The molecule has 1 saturated heterocycles. The second-order valence-corrected chi connectivity index (χ2v) is 11.7. The Kier molecular flexibility index (Phi) is 5.82. The Hall–Kier alpha value is -2.76. The summed E-state index contributed by atoms with van der Waals surface area (Å²) in [4.78, 5) is 24.8. The van der Waals surface area contributed by atoms with Crippen LogP contribution in [0.3, 0.4) is 0 Å². The SMILES string of the molecule is CC1CCN(S(=O)(=O)c2ccc(NC(=O)CN3C(=O)c4ccccc4S3(=O)=O)cc2)CC1. The van der Waals surface area contributed by atoms with E-state index >= 15 is 0 Å². The summed E-state index contributed by atoms with van der Waals surface area (Å²) in [6, 6.07) is 11.5.